The van der Waals surface area contributed by atoms with Gasteiger partial charge in [0.2, 0.25) is 5.91 Å². The van der Waals surface area contributed by atoms with Crippen molar-refractivity contribution in [3.63, 3.8) is 0 Å². The first-order valence-electron chi connectivity index (χ1n) is 5.16. The number of amides is 1. The van der Waals surface area contributed by atoms with Gasteiger partial charge in [-0.1, -0.05) is 18.5 Å². The van der Waals surface area contributed by atoms with Gasteiger partial charge in [-0.3, -0.25) is 4.79 Å². The van der Waals surface area contributed by atoms with E-state index in [1.54, 1.807) is 25.1 Å². The van der Waals surface area contributed by atoms with Crippen molar-refractivity contribution in [1.29, 1.82) is 0 Å². The van der Waals surface area contributed by atoms with E-state index in [0.717, 1.165) is 0 Å². The second kappa shape index (κ2) is 6.17. The number of carbonyl (C=O) groups excluding carboxylic acids is 1. The van der Waals surface area contributed by atoms with Crippen LogP contribution in [0.15, 0.2) is 18.2 Å². The predicted molar refractivity (Wildman–Crippen MR) is 69.2 cm³/mol. The van der Waals surface area contributed by atoms with Crippen LogP contribution in [0.3, 0.4) is 0 Å². The molecule has 0 saturated heterocycles. The smallest absolute Gasteiger partial charge is 0.228 e. The molecule has 1 amide bonds. The van der Waals surface area contributed by atoms with Crippen LogP contribution in [0.4, 0.5) is 5.69 Å². The van der Waals surface area contributed by atoms with Crippen LogP contribution in [0.1, 0.15) is 13.3 Å². The lowest BCUT2D eigenvalue weighted by Gasteiger charge is -2.13. The Labute approximate surface area is 106 Å². The summed E-state index contributed by atoms with van der Waals surface area (Å²) in [5, 5.41) is 3.28. The van der Waals surface area contributed by atoms with E-state index in [0.29, 0.717) is 22.9 Å². The fourth-order valence-electron chi connectivity index (χ4n) is 1.30. The summed E-state index contributed by atoms with van der Waals surface area (Å²) >= 11 is 5.86. The Morgan fingerprint density at radius 2 is 2.35 bits per heavy atom. The molecular formula is C13H14ClNO2. The van der Waals surface area contributed by atoms with Crippen molar-refractivity contribution in [3.05, 3.63) is 23.2 Å². The van der Waals surface area contributed by atoms with Crippen LogP contribution in [0.25, 0.3) is 0 Å². The SMILES string of the molecule is C#CCC(C)C(=O)Nc1cc(Cl)ccc1OC. The summed E-state index contributed by atoms with van der Waals surface area (Å²) in [5.74, 6) is 2.63. The topological polar surface area (TPSA) is 38.3 Å². The van der Waals surface area contributed by atoms with Gasteiger partial charge in [-0.25, -0.2) is 0 Å². The molecule has 0 fully saturated rings. The van der Waals surface area contributed by atoms with Gasteiger partial charge in [0.05, 0.1) is 12.8 Å². The van der Waals surface area contributed by atoms with Crippen LogP contribution in [0.5, 0.6) is 5.75 Å². The Hall–Kier alpha value is -1.66. The molecule has 1 N–H and O–H groups in total. The molecule has 17 heavy (non-hydrogen) atoms. The first-order chi connectivity index (χ1) is 8.08. The Morgan fingerprint density at radius 1 is 1.65 bits per heavy atom. The van der Waals surface area contributed by atoms with E-state index in [4.69, 9.17) is 22.8 Å². The van der Waals surface area contributed by atoms with Crippen LogP contribution in [0, 0.1) is 18.3 Å². The Morgan fingerprint density at radius 3 is 2.94 bits per heavy atom. The maximum Gasteiger partial charge on any atom is 0.228 e. The molecule has 1 atom stereocenters. The van der Waals surface area contributed by atoms with Gasteiger partial charge in [-0.2, -0.15) is 0 Å². The summed E-state index contributed by atoms with van der Waals surface area (Å²) in [6.07, 6.45) is 5.56. The number of halogens is 1. The number of rotatable bonds is 4. The van der Waals surface area contributed by atoms with Crippen molar-refractivity contribution in [3.8, 4) is 18.1 Å². The molecule has 0 aromatic heterocycles. The highest BCUT2D eigenvalue weighted by molar-refractivity contribution is 6.31. The van der Waals surface area contributed by atoms with E-state index in [1.165, 1.54) is 7.11 Å². The van der Waals surface area contributed by atoms with Crippen LogP contribution in [-0.2, 0) is 4.79 Å². The highest BCUT2D eigenvalue weighted by Gasteiger charge is 2.14. The first-order valence-corrected chi connectivity index (χ1v) is 5.54. The zero-order valence-corrected chi connectivity index (χ0v) is 10.5. The number of nitrogens with one attached hydrogen (secondary N) is 1. The van der Waals surface area contributed by atoms with E-state index in [-0.39, 0.29) is 11.8 Å². The molecule has 0 aliphatic rings. The molecule has 1 aromatic rings. The molecule has 0 heterocycles. The number of anilines is 1. The number of carbonyl (C=O) groups is 1. The van der Waals surface area contributed by atoms with Crippen molar-refractivity contribution < 1.29 is 9.53 Å². The van der Waals surface area contributed by atoms with Crippen LogP contribution < -0.4 is 10.1 Å². The number of terminal acetylenes is 1. The average molecular weight is 252 g/mol. The lowest BCUT2D eigenvalue weighted by molar-refractivity contribution is -0.119. The molecule has 3 nitrogen and oxygen atoms in total. The normalized spacial score (nSPS) is 11.4. The van der Waals surface area contributed by atoms with Crippen molar-refractivity contribution in [1.82, 2.24) is 0 Å². The van der Waals surface area contributed by atoms with Gasteiger partial charge in [0, 0.05) is 17.4 Å². The summed E-state index contributed by atoms with van der Waals surface area (Å²) in [5.41, 5.74) is 0.550. The minimum atomic E-state index is -0.247. The van der Waals surface area contributed by atoms with E-state index < -0.39 is 0 Å². The minimum Gasteiger partial charge on any atom is -0.495 e. The fraction of sp³-hybridized carbons (Fsp3) is 0.308. The fourth-order valence-corrected chi connectivity index (χ4v) is 1.48. The van der Waals surface area contributed by atoms with E-state index in [9.17, 15) is 4.79 Å². The number of ether oxygens (including phenoxy) is 1. The molecule has 4 heteroatoms. The van der Waals surface area contributed by atoms with Gasteiger partial charge in [0.25, 0.3) is 0 Å². The first kappa shape index (κ1) is 13.4. The van der Waals surface area contributed by atoms with Gasteiger partial charge >= 0.3 is 0 Å². The highest BCUT2D eigenvalue weighted by atomic mass is 35.5. The lowest BCUT2D eigenvalue weighted by Crippen LogP contribution is -2.20. The monoisotopic (exact) mass is 251 g/mol. The summed E-state index contributed by atoms with van der Waals surface area (Å²) in [7, 11) is 1.53. The molecule has 1 unspecified atom stereocenters. The zero-order chi connectivity index (χ0) is 12.8. The molecule has 0 aliphatic heterocycles. The Balaban J connectivity index is 2.84. The largest absolute Gasteiger partial charge is 0.495 e. The van der Waals surface area contributed by atoms with Crippen molar-refractivity contribution in [2.45, 2.75) is 13.3 Å². The van der Waals surface area contributed by atoms with Gasteiger partial charge < -0.3 is 10.1 Å². The summed E-state index contributed by atoms with van der Waals surface area (Å²) in [6.45, 7) is 1.77. The van der Waals surface area contributed by atoms with Gasteiger partial charge in [-0.15, -0.1) is 12.3 Å². The number of hydrogen-bond acceptors (Lipinski definition) is 2. The van der Waals surface area contributed by atoms with E-state index in [2.05, 4.69) is 11.2 Å². The second-order valence-corrected chi connectivity index (χ2v) is 4.08. The zero-order valence-electron chi connectivity index (χ0n) is 9.79. The van der Waals surface area contributed by atoms with Crippen molar-refractivity contribution >= 4 is 23.2 Å². The van der Waals surface area contributed by atoms with Crippen LogP contribution >= 0.6 is 11.6 Å². The maximum atomic E-state index is 11.8. The Kier molecular flexibility index (Phi) is 4.86. The van der Waals surface area contributed by atoms with Crippen LogP contribution in [0.2, 0.25) is 5.02 Å². The van der Waals surface area contributed by atoms with E-state index >= 15 is 0 Å². The number of benzene rings is 1. The van der Waals surface area contributed by atoms with Crippen molar-refractivity contribution in [2.75, 3.05) is 12.4 Å². The molecular weight excluding hydrogens is 238 g/mol. The molecule has 90 valence electrons. The molecule has 0 saturated carbocycles. The van der Waals surface area contributed by atoms with Crippen LogP contribution in [-0.4, -0.2) is 13.0 Å². The van der Waals surface area contributed by atoms with Gasteiger partial charge in [0.1, 0.15) is 5.75 Å². The number of methoxy groups -OCH3 is 1. The minimum absolute atomic E-state index is 0.150. The quantitative estimate of drug-likeness (QED) is 0.836. The van der Waals surface area contributed by atoms with Gasteiger partial charge in [0.15, 0.2) is 0 Å². The second-order valence-electron chi connectivity index (χ2n) is 3.64. The Bertz CT molecular complexity index is 451. The predicted octanol–water partition coefficient (Wildman–Crippen LogP) is 2.95. The third kappa shape index (κ3) is 3.69. The molecule has 0 bridgehead atoms. The lowest BCUT2D eigenvalue weighted by atomic mass is 10.1. The van der Waals surface area contributed by atoms with Gasteiger partial charge in [-0.05, 0) is 18.2 Å². The molecule has 0 aliphatic carbocycles. The maximum absolute atomic E-state index is 11.8. The molecule has 1 rings (SSSR count). The van der Waals surface area contributed by atoms with E-state index in [1.807, 2.05) is 0 Å². The third-order valence-corrected chi connectivity index (χ3v) is 2.53. The summed E-state index contributed by atoms with van der Waals surface area (Å²) in [6, 6.07) is 5.03. The molecule has 1 aromatic carbocycles. The standard InChI is InChI=1S/C13H14ClNO2/c1-4-5-9(2)13(16)15-11-8-10(14)6-7-12(11)17-3/h1,6-9H,5H2,2-3H3,(H,15,16). The third-order valence-electron chi connectivity index (χ3n) is 2.29. The average Bonchev–Trinajstić information content (AvgIpc) is 2.29. The summed E-state index contributed by atoms with van der Waals surface area (Å²) in [4.78, 5) is 11.8. The number of hydrogen-bond donors (Lipinski definition) is 1. The van der Waals surface area contributed by atoms with Crippen molar-refractivity contribution in [2.24, 2.45) is 5.92 Å². The highest BCUT2D eigenvalue weighted by Crippen LogP contribution is 2.28. The molecule has 0 spiro atoms. The summed E-state index contributed by atoms with van der Waals surface area (Å²) < 4.78 is 5.13. The molecule has 0 radical (unpaired) electrons.